The summed E-state index contributed by atoms with van der Waals surface area (Å²) >= 11 is 1.81. The van der Waals surface area contributed by atoms with Gasteiger partial charge in [-0.25, -0.2) is 9.97 Å². The Morgan fingerprint density at radius 3 is 1.90 bits per heavy atom. The van der Waals surface area contributed by atoms with Crippen LogP contribution in [0, 0.1) is 0 Å². The molecule has 0 unspecified atom stereocenters. The Kier molecular flexibility index (Phi) is 6.68. The summed E-state index contributed by atoms with van der Waals surface area (Å²) in [5.41, 5.74) is 10.7. The molecule has 3 heterocycles. The third-order valence-corrected chi connectivity index (χ3v) is 10.8. The summed E-state index contributed by atoms with van der Waals surface area (Å²) in [7, 11) is 0. The molecule has 0 fully saturated rings. The van der Waals surface area contributed by atoms with E-state index in [1.807, 2.05) is 11.3 Å². The van der Waals surface area contributed by atoms with Crippen molar-refractivity contribution in [3.05, 3.63) is 176 Å². The van der Waals surface area contributed by atoms with E-state index >= 15 is 0 Å². The number of benzene rings is 7. The van der Waals surface area contributed by atoms with Crippen LogP contribution in [0.3, 0.4) is 0 Å². The van der Waals surface area contributed by atoms with Crippen molar-refractivity contribution in [3.63, 3.8) is 0 Å². The molecule has 0 spiro atoms. The Balaban J connectivity index is 1.27. The number of nitrogens with zero attached hydrogens (tertiary/aromatic N) is 3. The Morgan fingerprint density at radius 2 is 1.04 bits per heavy atom. The van der Waals surface area contributed by atoms with Crippen LogP contribution in [0.15, 0.2) is 176 Å². The van der Waals surface area contributed by atoms with Gasteiger partial charge in [-0.05, 0) is 53.6 Å². The average Bonchev–Trinajstić information content (AvgIpc) is 3.75. The monoisotopic (exact) mass is 655 g/mol. The summed E-state index contributed by atoms with van der Waals surface area (Å²) in [6.45, 7) is 0. The maximum atomic E-state index is 5.44. The smallest absolute Gasteiger partial charge is 0.161 e. The van der Waals surface area contributed by atoms with Crippen LogP contribution in [-0.2, 0) is 0 Å². The molecule has 10 rings (SSSR count). The van der Waals surface area contributed by atoms with Gasteiger partial charge in [0.1, 0.15) is 0 Å². The molecule has 0 radical (unpaired) electrons. The molecule has 7 aromatic carbocycles. The minimum absolute atomic E-state index is 0.721. The standard InChI is InChI=1S/C46H29N3S/c1-3-14-30(15-4-1)31-16-11-17-32(28-31)40-29-41(48-46(47-40)39-25-13-23-37-35-21-8-10-27-43(35)50-45(37)39)38-24-12-22-36-34-20-7-9-26-42(34)49(44(36)38)33-18-5-2-6-19-33/h1-29H. The highest BCUT2D eigenvalue weighted by atomic mass is 32.1. The van der Waals surface area contributed by atoms with Crippen LogP contribution < -0.4 is 0 Å². The summed E-state index contributed by atoms with van der Waals surface area (Å²) < 4.78 is 4.84. The molecule has 0 aliphatic heterocycles. The first kappa shape index (κ1) is 28.6. The Morgan fingerprint density at radius 1 is 0.420 bits per heavy atom. The first-order chi connectivity index (χ1) is 24.8. The number of hydrogen-bond acceptors (Lipinski definition) is 3. The van der Waals surface area contributed by atoms with Crippen LogP contribution in [0.25, 0.3) is 92.7 Å². The molecule has 0 amide bonds. The van der Waals surface area contributed by atoms with E-state index in [0.717, 1.165) is 50.7 Å². The first-order valence-corrected chi connectivity index (χ1v) is 17.7. The van der Waals surface area contributed by atoms with Crippen molar-refractivity contribution in [2.75, 3.05) is 0 Å². The average molecular weight is 656 g/mol. The van der Waals surface area contributed by atoms with Gasteiger partial charge in [0.25, 0.3) is 0 Å². The van der Waals surface area contributed by atoms with Crippen LogP contribution in [-0.4, -0.2) is 14.5 Å². The second-order valence-corrected chi connectivity index (χ2v) is 13.6. The van der Waals surface area contributed by atoms with Crippen molar-refractivity contribution in [2.45, 2.75) is 0 Å². The van der Waals surface area contributed by atoms with Crippen LogP contribution in [0.1, 0.15) is 0 Å². The molecule has 3 nitrogen and oxygen atoms in total. The third-order valence-electron chi connectivity index (χ3n) is 9.62. The SMILES string of the molecule is c1ccc(-c2cccc(-c3cc(-c4cccc5c6ccccc6n(-c6ccccc6)c45)nc(-c4cccc5c4sc4ccccc45)n3)c2)cc1. The van der Waals surface area contributed by atoms with Crippen molar-refractivity contribution >= 4 is 53.3 Å². The number of fused-ring (bicyclic) bond motifs is 6. The van der Waals surface area contributed by atoms with Crippen molar-refractivity contribution in [2.24, 2.45) is 0 Å². The van der Waals surface area contributed by atoms with E-state index < -0.39 is 0 Å². The predicted octanol–water partition coefficient (Wildman–Crippen LogP) is 12.6. The second kappa shape index (κ2) is 11.7. The van der Waals surface area contributed by atoms with Crippen LogP contribution in [0.4, 0.5) is 0 Å². The topological polar surface area (TPSA) is 30.7 Å². The fourth-order valence-electron chi connectivity index (χ4n) is 7.34. The highest BCUT2D eigenvalue weighted by Crippen LogP contribution is 2.42. The van der Waals surface area contributed by atoms with E-state index in [9.17, 15) is 0 Å². The van der Waals surface area contributed by atoms with Gasteiger partial charge in [0, 0.05) is 53.3 Å². The van der Waals surface area contributed by atoms with Crippen molar-refractivity contribution in [1.82, 2.24) is 14.5 Å². The van der Waals surface area contributed by atoms with Crippen LogP contribution in [0.2, 0.25) is 0 Å². The van der Waals surface area contributed by atoms with Gasteiger partial charge in [0.15, 0.2) is 5.82 Å². The maximum absolute atomic E-state index is 5.44. The number of aromatic nitrogens is 3. The fourth-order valence-corrected chi connectivity index (χ4v) is 8.55. The zero-order valence-electron chi connectivity index (χ0n) is 27.0. The van der Waals surface area contributed by atoms with Gasteiger partial charge >= 0.3 is 0 Å². The van der Waals surface area contributed by atoms with Gasteiger partial charge in [-0.15, -0.1) is 11.3 Å². The minimum Gasteiger partial charge on any atom is -0.309 e. The van der Waals surface area contributed by atoms with E-state index in [0.29, 0.717) is 0 Å². The first-order valence-electron chi connectivity index (χ1n) is 16.8. The minimum atomic E-state index is 0.721. The number of rotatable bonds is 5. The Labute approximate surface area is 293 Å². The number of hydrogen-bond donors (Lipinski definition) is 0. The van der Waals surface area contributed by atoms with Gasteiger partial charge in [0.2, 0.25) is 0 Å². The molecule has 0 saturated heterocycles. The van der Waals surface area contributed by atoms with Gasteiger partial charge in [-0.1, -0.05) is 133 Å². The van der Waals surface area contributed by atoms with Gasteiger partial charge in [-0.3, -0.25) is 0 Å². The molecular weight excluding hydrogens is 627 g/mol. The molecule has 0 atom stereocenters. The van der Waals surface area contributed by atoms with Crippen molar-refractivity contribution in [3.8, 4) is 50.7 Å². The molecule has 0 N–H and O–H groups in total. The lowest BCUT2D eigenvalue weighted by Gasteiger charge is -2.14. The van der Waals surface area contributed by atoms with E-state index in [1.54, 1.807) is 0 Å². The maximum Gasteiger partial charge on any atom is 0.161 e. The summed E-state index contributed by atoms with van der Waals surface area (Å²) in [6, 6.07) is 62.4. The molecule has 0 aliphatic carbocycles. The molecule has 3 aromatic heterocycles. The Hall–Kier alpha value is -6.36. The van der Waals surface area contributed by atoms with Crippen molar-refractivity contribution < 1.29 is 0 Å². The molecule has 10 aromatic rings. The van der Waals surface area contributed by atoms with E-state index in [4.69, 9.17) is 9.97 Å². The quantitative estimate of drug-likeness (QED) is 0.185. The van der Waals surface area contributed by atoms with Crippen molar-refractivity contribution in [1.29, 1.82) is 0 Å². The molecule has 0 bridgehead atoms. The summed E-state index contributed by atoms with van der Waals surface area (Å²) in [4.78, 5) is 10.8. The largest absolute Gasteiger partial charge is 0.309 e. The van der Waals surface area contributed by atoms with E-state index in [-0.39, 0.29) is 0 Å². The zero-order valence-corrected chi connectivity index (χ0v) is 27.8. The molecular formula is C46H29N3S. The summed E-state index contributed by atoms with van der Waals surface area (Å²) in [5, 5.41) is 4.91. The molecule has 0 saturated carbocycles. The summed E-state index contributed by atoms with van der Waals surface area (Å²) in [6.07, 6.45) is 0. The molecule has 0 aliphatic rings. The lowest BCUT2D eigenvalue weighted by molar-refractivity contribution is 1.16. The van der Waals surface area contributed by atoms with Gasteiger partial charge in [-0.2, -0.15) is 0 Å². The number of para-hydroxylation sites is 3. The molecule has 4 heteroatoms. The second-order valence-electron chi connectivity index (χ2n) is 12.6. The van der Waals surface area contributed by atoms with Crippen LogP contribution in [0.5, 0.6) is 0 Å². The fraction of sp³-hybridized carbons (Fsp3) is 0. The Bertz CT molecular complexity index is 2870. The summed E-state index contributed by atoms with van der Waals surface area (Å²) in [5.74, 6) is 0.721. The highest BCUT2D eigenvalue weighted by molar-refractivity contribution is 7.26. The van der Waals surface area contributed by atoms with E-state index in [2.05, 4.69) is 180 Å². The normalized spacial score (nSPS) is 11.6. The molecule has 234 valence electrons. The predicted molar refractivity (Wildman–Crippen MR) is 211 cm³/mol. The van der Waals surface area contributed by atoms with Gasteiger partial charge in [0.05, 0.1) is 22.4 Å². The number of thiophene rings is 1. The lowest BCUT2D eigenvalue weighted by Crippen LogP contribution is -1.99. The van der Waals surface area contributed by atoms with Crippen LogP contribution >= 0.6 is 11.3 Å². The van der Waals surface area contributed by atoms with Gasteiger partial charge < -0.3 is 4.57 Å². The molecule has 50 heavy (non-hydrogen) atoms. The highest BCUT2D eigenvalue weighted by Gasteiger charge is 2.20. The zero-order chi connectivity index (χ0) is 33.0. The van der Waals surface area contributed by atoms with E-state index in [1.165, 1.54) is 42.0 Å². The lowest BCUT2D eigenvalue weighted by atomic mass is 10.00. The third kappa shape index (κ3) is 4.65.